The number of aromatic nitrogens is 1. The molecule has 0 aliphatic carbocycles. The van der Waals surface area contributed by atoms with Crippen LogP contribution in [-0.4, -0.2) is 22.7 Å². The topological polar surface area (TPSA) is 59.4 Å². The first-order valence-corrected chi connectivity index (χ1v) is 5.51. The summed E-state index contributed by atoms with van der Waals surface area (Å²) < 4.78 is 5.25. The smallest absolute Gasteiger partial charge is 0.312 e. The number of carbonyl (C=O) groups is 1. The molecule has 0 saturated carbocycles. The number of pyridine rings is 1. The lowest BCUT2D eigenvalue weighted by atomic mass is 9.99. The lowest BCUT2D eigenvalue weighted by Crippen LogP contribution is -2.13. The van der Waals surface area contributed by atoms with Gasteiger partial charge in [0, 0.05) is 6.07 Å². The van der Waals surface area contributed by atoms with Gasteiger partial charge in [0.2, 0.25) is 5.88 Å². The maximum absolute atomic E-state index is 11.1. The molecule has 0 aliphatic rings. The van der Waals surface area contributed by atoms with E-state index in [1.165, 1.54) is 0 Å². The van der Waals surface area contributed by atoms with E-state index in [9.17, 15) is 4.79 Å². The summed E-state index contributed by atoms with van der Waals surface area (Å²) in [5, 5.41) is 9.10. The van der Waals surface area contributed by atoms with Gasteiger partial charge in [-0.1, -0.05) is 19.4 Å². The van der Waals surface area contributed by atoms with E-state index >= 15 is 0 Å². The van der Waals surface area contributed by atoms with E-state index in [0.29, 0.717) is 24.6 Å². The van der Waals surface area contributed by atoms with Crippen LogP contribution in [0.25, 0.3) is 0 Å². The van der Waals surface area contributed by atoms with Gasteiger partial charge < -0.3 is 9.84 Å². The van der Waals surface area contributed by atoms with Gasteiger partial charge in [-0.2, -0.15) is 0 Å². The summed E-state index contributed by atoms with van der Waals surface area (Å²) >= 11 is 0. The summed E-state index contributed by atoms with van der Waals surface area (Å²) in [5.41, 5.74) is 0.570. The van der Waals surface area contributed by atoms with Crippen LogP contribution in [-0.2, 0) is 4.79 Å². The SMILES string of the molecule is CCCC(C(=O)O)c1cccc(OCC)n1. The van der Waals surface area contributed by atoms with E-state index in [4.69, 9.17) is 9.84 Å². The van der Waals surface area contributed by atoms with Crippen LogP contribution in [0.2, 0.25) is 0 Å². The van der Waals surface area contributed by atoms with Crippen LogP contribution >= 0.6 is 0 Å². The highest BCUT2D eigenvalue weighted by atomic mass is 16.5. The Morgan fingerprint density at radius 3 is 2.81 bits per heavy atom. The van der Waals surface area contributed by atoms with Crippen molar-refractivity contribution in [3.8, 4) is 5.88 Å². The van der Waals surface area contributed by atoms with Crippen molar-refractivity contribution in [2.24, 2.45) is 0 Å². The summed E-state index contributed by atoms with van der Waals surface area (Å²) in [6, 6.07) is 5.24. The predicted molar refractivity (Wildman–Crippen MR) is 60.7 cm³/mol. The number of hydrogen-bond acceptors (Lipinski definition) is 3. The normalized spacial score (nSPS) is 12.1. The molecule has 0 aliphatic heterocycles. The molecule has 1 atom stereocenters. The van der Waals surface area contributed by atoms with Gasteiger partial charge in [-0.05, 0) is 19.4 Å². The highest BCUT2D eigenvalue weighted by molar-refractivity contribution is 5.75. The highest BCUT2D eigenvalue weighted by Gasteiger charge is 2.20. The van der Waals surface area contributed by atoms with Crippen LogP contribution in [0.15, 0.2) is 18.2 Å². The average molecular weight is 223 g/mol. The van der Waals surface area contributed by atoms with Crippen molar-refractivity contribution >= 4 is 5.97 Å². The van der Waals surface area contributed by atoms with E-state index in [1.54, 1.807) is 18.2 Å². The van der Waals surface area contributed by atoms with Gasteiger partial charge in [0.15, 0.2) is 0 Å². The zero-order chi connectivity index (χ0) is 12.0. The third-order valence-corrected chi connectivity index (χ3v) is 2.27. The number of carboxylic acids is 1. The van der Waals surface area contributed by atoms with Crippen molar-refractivity contribution in [3.05, 3.63) is 23.9 Å². The number of rotatable bonds is 6. The third-order valence-electron chi connectivity index (χ3n) is 2.27. The molecule has 88 valence electrons. The Morgan fingerprint density at radius 2 is 2.25 bits per heavy atom. The van der Waals surface area contributed by atoms with Gasteiger partial charge >= 0.3 is 5.97 Å². The lowest BCUT2D eigenvalue weighted by Gasteiger charge is -2.11. The predicted octanol–water partition coefficient (Wildman–Crippen LogP) is 2.45. The molecule has 1 unspecified atom stereocenters. The average Bonchev–Trinajstić information content (AvgIpc) is 2.26. The molecule has 1 aromatic heterocycles. The Morgan fingerprint density at radius 1 is 1.50 bits per heavy atom. The summed E-state index contributed by atoms with van der Waals surface area (Å²) in [4.78, 5) is 15.3. The first-order valence-electron chi connectivity index (χ1n) is 5.51. The van der Waals surface area contributed by atoms with E-state index < -0.39 is 11.9 Å². The molecule has 0 fully saturated rings. The van der Waals surface area contributed by atoms with Crippen LogP contribution in [0.1, 0.15) is 38.3 Å². The van der Waals surface area contributed by atoms with E-state index in [-0.39, 0.29) is 0 Å². The van der Waals surface area contributed by atoms with Gasteiger partial charge in [0.1, 0.15) is 0 Å². The largest absolute Gasteiger partial charge is 0.481 e. The second-order valence-electron chi connectivity index (χ2n) is 3.51. The van der Waals surface area contributed by atoms with Crippen LogP contribution < -0.4 is 4.74 Å². The second kappa shape index (κ2) is 6.10. The van der Waals surface area contributed by atoms with Crippen molar-refractivity contribution in [2.75, 3.05) is 6.61 Å². The van der Waals surface area contributed by atoms with E-state index in [0.717, 1.165) is 6.42 Å². The second-order valence-corrected chi connectivity index (χ2v) is 3.51. The third kappa shape index (κ3) is 3.22. The fourth-order valence-corrected chi connectivity index (χ4v) is 1.54. The van der Waals surface area contributed by atoms with Gasteiger partial charge in [-0.25, -0.2) is 4.98 Å². The number of carboxylic acid groups (broad SMARTS) is 1. The van der Waals surface area contributed by atoms with Crippen LogP contribution in [0.3, 0.4) is 0 Å². The number of ether oxygens (including phenoxy) is 1. The monoisotopic (exact) mass is 223 g/mol. The minimum absolute atomic E-state index is 0.488. The Kier molecular flexibility index (Phi) is 4.76. The fourth-order valence-electron chi connectivity index (χ4n) is 1.54. The van der Waals surface area contributed by atoms with Crippen molar-refractivity contribution in [3.63, 3.8) is 0 Å². The zero-order valence-corrected chi connectivity index (χ0v) is 9.64. The maximum atomic E-state index is 11.1. The number of aliphatic carboxylic acids is 1. The molecule has 0 bridgehead atoms. The molecular formula is C12H17NO3. The van der Waals surface area contributed by atoms with Gasteiger partial charge in [-0.3, -0.25) is 4.79 Å². The highest BCUT2D eigenvalue weighted by Crippen LogP contribution is 2.21. The van der Waals surface area contributed by atoms with Gasteiger partial charge in [0.25, 0.3) is 0 Å². The standard InChI is InChI=1S/C12H17NO3/c1-3-6-9(12(14)15)10-7-5-8-11(13-10)16-4-2/h5,7-9H,3-4,6H2,1-2H3,(H,14,15). The molecule has 1 rings (SSSR count). The lowest BCUT2D eigenvalue weighted by molar-refractivity contribution is -0.139. The van der Waals surface area contributed by atoms with Crippen LogP contribution in [0.4, 0.5) is 0 Å². The Balaban J connectivity index is 2.90. The Hall–Kier alpha value is -1.58. The summed E-state index contributed by atoms with van der Waals surface area (Å²) in [7, 11) is 0. The molecule has 1 heterocycles. The molecule has 4 heteroatoms. The summed E-state index contributed by atoms with van der Waals surface area (Å²) in [5.74, 6) is -0.879. The fraction of sp³-hybridized carbons (Fsp3) is 0.500. The zero-order valence-electron chi connectivity index (χ0n) is 9.64. The molecule has 0 amide bonds. The first-order chi connectivity index (χ1) is 7.69. The molecule has 16 heavy (non-hydrogen) atoms. The number of hydrogen-bond donors (Lipinski definition) is 1. The van der Waals surface area contributed by atoms with Gasteiger partial charge in [-0.15, -0.1) is 0 Å². The molecule has 0 aromatic carbocycles. The first kappa shape index (κ1) is 12.5. The maximum Gasteiger partial charge on any atom is 0.312 e. The van der Waals surface area contributed by atoms with Crippen LogP contribution in [0, 0.1) is 0 Å². The molecule has 1 aromatic rings. The van der Waals surface area contributed by atoms with E-state index in [2.05, 4.69) is 4.98 Å². The molecule has 0 saturated heterocycles. The van der Waals surface area contributed by atoms with Crippen molar-refractivity contribution in [1.29, 1.82) is 0 Å². The quantitative estimate of drug-likeness (QED) is 0.804. The van der Waals surface area contributed by atoms with Crippen molar-refractivity contribution in [2.45, 2.75) is 32.6 Å². The summed E-state index contributed by atoms with van der Waals surface area (Å²) in [6.07, 6.45) is 1.41. The Labute approximate surface area is 95.3 Å². The molecule has 0 spiro atoms. The molecule has 1 N–H and O–H groups in total. The molecular weight excluding hydrogens is 206 g/mol. The van der Waals surface area contributed by atoms with Gasteiger partial charge in [0.05, 0.1) is 18.2 Å². The van der Waals surface area contributed by atoms with Crippen molar-refractivity contribution < 1.29 is 14.6 Å². The van der Waals surface area contributed by atoms with Crippen LogP contribution in [0.5, 0.6) is 5.88 Å². The molecule has 0 radical (unpaired) electrons. The number of nitrogens with zero attached hydrogens (tertiary/aromatic N) is 1. The minimum Gasteiger partial charge on any atom is -0.481 e. The Bertz CT molecular complexity index is 352. The van der Waals surface area contributed by atoms with E-state index in [1.807, 2.05) is 13.8 Å². The van der Waals surface area contributed by atoms with Crippen molar-refractivity contribution in [1.82, 2.24) is 4.98 Å². The minimum atomic E-state index is -0.831. The summed E-state index contributed by atoms with van der Waals surface area (Å²) in [6.45, 7) is 4.36. The molecule has 4 nitrogen and oxygen atoms in total.